The van der Waals surface area contributed by atoms with E-state index >= 15 is 0 Å². The van der Waals surface area contributed by atoms with E-state index in [1.54, 1.807) is 24.3 Å². The Kier molecular flexibility index (Phi) is 6.24. The summed E-state index contributed by atoms with van der Waals surface area (Å²) in [6, 6.07) is 6.45. The summed E-state index contributed by atoms with van der Waals surface area (Å²) in [6.07, 6.45) is 6.99. The van der Waals surface area contributed by atoms with Crippen LogP contribution in [0.4, 0.5) is 11.6 Å². The summed E-state index contributed by atoms with van der Waals surface area (Å²) >= 11 is 6.18. The van der Waals surface area contributed by atoms with Gasteiger partial charge in [0.15, 0.2) is 0 Å². The lowest BCUT2D eigenvalue weighted by Gasteiger charge is -2.22. The fourth-order valence-corrected chi connectivity index (χ4v) is 3.20. The first-order valence-corrected chi connectivity index (χ1v) is 9.23. The Balaban J connectivity index is 1.74. The molecular formula is C19H21ClN4O3. The van der Waals surface area contributed by atoms with Crippen LogP contribution in [0.5, 0.6) is 0 Å². The molecule has 0 saturated heterocycles. The van der Waals surface area contributed by atoms with Gasteiger partial charge in [-0.25, -0.2) is 14.8 Å². The Hall–Kier alpha value is -2.67. The summed E-state index contributed by atoms with van der Waals surface area (Å²) in [5.41, 5.74) is 1.07. The zero-order chi connectivity index (χ0) is 19.2. The van der Waals surface area contributed by atoms with Crippen LogP contribution in [0.3, 0.4) is 0 Å². The highest BCUT2D eigenvalue weighted by molar-refractivity contribution is 6.33. The van der Waals surface area contributed by atoms with Gasteiger partial charge in [0.25, 0.3) is 5.91 Å². The number of amides is 1. The van der Waals surface area contributed by atoms with Crippen molar-refractivity contribution in [1.82, 2.24) is 15.3 Å². The Bertz CT molecular complexity index is 837. The van der Waals surface area contributed by atoms with Crippen molar-refractivity contribution in [2.45, 2.75) is 38.1 Å². The Morgan fingerprint density at radius 3 is 2.70 bits per heavy atom. The summed E-state index contributed by atoms with van der Waals surface area (Å²) in [5, 5.41) is 6.37. The monoisotopic (exact) mass is 388 g/mol. The van der Waals surface area contributed by atoms with E-state index in [1.807, 2.05) is 0 Å². The van der Waals surface area contributed by atoms with E-state index in [0.717, 1.165) is 25.7 Å². The lowest BCUT2D eigenvalue weighted by atomic mass is 9.95. The number of methoxy groups -OCH3 is 1. The molecule has 0 radical (unpaired) electrons. The van der Waals surface area contributed by atoms with Gasteiger partial charge in [-0.1, -0.05) is 30.9 Å². The summed E-state index contributed by atoms with van der Waals surface area (Å²) in [5.74, 6) is -0.479. The van der Waals surface area contributed by atoms with E-state index < -0.39 is 5.97 Å². The average Bonchev–Trinajstić information content (AvgIpc) is 2.70. The lowest BCUT2D eigenvalue weighted by Crippen LogP contribution is -2.36. The Morgan fingerprint density at radius 1 is 1.19 bits per heavy atom. The van der Waals surface area contributed by atoms with E-state index in [4.69, 9.17) is 16.3 Å². The predicted octanol–water partition coefficient (Wildman–Crippen LogP) is 3.72. The van der Waals surface area contributed by atoms with Gasteiger partial charge < -0.3 is 15.4 Å². The molecule has 1 amide bonds. The molecule has 7 nitrogen and oxygen atoms in total. The second-order valence-electron chi connectivity index (χ2n) is 6.39. The van der Waals surface area contributed by atoms with Crippen LogP contribution >= 0.6 is 11.6 Å². The second-order valence-corrected chi connectivity index (χ2v) is 6.79. The number of rotatable bonds is 5. The van der Waals surface area contributed by atoms with E-state index in [0.29, 0.717) is 16.3 Å². The fourth-order valence-electron chi connectivity index (χ4n) is 3.04. The van der Waals surface area contributed by atoms with Gasteiger partial charge >= 0.3 is 5.97 Å². The molecule has 1 fully saturated rings. The fraction of sp³-hybridized carbons (Fsp3) is 0.368. The third kappa shape index (κ3) is 4.95. The van der Waals surface area contributed by atoms with Crippen molar-refractivity contribution < 1.29 is 14.3 Å². The number of nitrogens with one attached hydrogen (secondary N) is 2. The molecule has 1 saturated carbocycles. The number of hydrogen-bond acceptors (Lipinski definition) is 6. The number of anilines is 2. The first-order valence-electron chi connectivity index (χ1n) is 8.85. The normalized spacial score (nSPS) is 14.4. The molecule has 1 aliphatic rings. The van der Waals surface area contributed by atoms with Crippen molar-refractivity contribution in [3.63, 3.8) is 0 Å². The molecule has 1 aromatic carbocycles. The standard InChI is InChI=1S/C19H21ClN4O3/c1-27-18(26)12-7-8-14(20)16(11-12)24-19-21-10-9-15(23-19)17(25)22-13-5-3-2-4-6-13/h7-11,13H,2-6H2,1H3,(H,22,25)(H,21,23,24). The average molecular weight is 389 g/mol. The maximum Gasteiger partial charge on any atom is 0.337 e. The smallest absolute Gasteiger partial charge is 0.337 e. The molecule has 27 heavy (non-hydrogen) atoms. The predicted molar refractivity (Wildman–Crippen MR) is 102 cm³/mol. The van der Waals surface area contributed by atoms with Gasteiger partial charge in [-0.3, -0.25) is 4.79 Å². The van der Waals surface area contributed by atoms with Gasteiger partial charge in [0.05, 0.1) is 23.4 Å². The van der Waals surface area contributed by atoms with Gasteiger partial charge in [-0.15, -0.1) is 0 Å². The highest BCUT2D eigenvalue weighted by Crippen LogP contribution is 2.26. The minimum atomic E-state index is -0.476. The number of halogens is 1. The molecule has 2 N–H and O–H groups in total. The topological polar surface area (TPSA) is 93.2 Å². The number of esters is 1. The number of hydrogen-bond donors (Lipinski definition) is 2. The van der Waals surface area contributed by atoms with E-state index in [9.17, 15) is 9.59 Å². The van der Waals surface area contributed by atoms with Crippen molar-refractivity contribution >= 4 is 35.1 Å². The first-order chi connectivity index (χ1) is 13.1. The summed E-state index contributed by atoms with van der Waals surface area (Å²) < 4.78 is 4.71. The van der Waals surface area contributed by atoms with E-state index in [2.05, 4.69) is 20.6 Å². The van der Waals surface area contributed by atoms with Gasteiger partial charge in [-0.05, 0) is 37.1 Å². The molecule has 2 aromatic rings. The molecule has 0 spiro atoms. The van der Waals surface area contributed by atoms with Crippen LogP contribution in [0, 0.1) is 0 Å². The molecule has 142 valence electrons. The number of carbonyl (C=O) groups is 2. The van der Waals surface area contributed by atoms with Crippen molar-refractivity contribution in [1.29, 1.82) is 0 Å². The van der Waals surface area contributed by atoms with E-state index in [-0.39, 0.29) is 23.6 Å². The number of ether oxygens (including phenoxy) is 1. The minimum Gasteiger partial charge on any atom is -0.465 e. The Labute approximate surface area is 162 Å². The lowest BCUT2D eigenvalue weighted by molar-refractivity contribution is 0.0600. The zero-order valence-corrected chi connectivity index (χ0v) is 15.8. The highest BCUT2D eigenvalue weighted by Gasteiger charge is 2.18. The molecule has 0 atom stereocenters. The van der Waals surface area contributed by atoms with Crippen LogP contribution in [0.2, 0.25) is 5.02 Å². The van der Waals surface area contributed by atoms with Crippen LogP contribution in [-0.2, 0) is 4.74 Å². The van der Waals surface area contributed by atoms with E-state index in [1.165, 1.54) is 19.7 Å². The number of aromatic nitrogens is 2. The molecule has 3 rings (SSSR count). The largest absolute Gasteiger partial charge is 0.465 e. The van der Waals surface area contributed by atoms with Gasteiger partial charge in [0, 0.05) is 12.2 Å². The quantitative estimate of drug-likeness (QED) is 0.758. The van der Waals surface area contributed by atoms with Crippen molar-refractivity contribution in [2.24, 2.45) is 0 Å². The zero-order valence-electron chi connectivity index (χ0n) is 15.0. The van der Waals surface area contributed by atoms with Gasteiger partial charge in [0.2, 0.25) is 5.95 Å². The molecule has 0 bridgehead atoms. The maximum absolute atomic E-state index is 12.5. The van der Waals surface area contributed by atoms with Crippen molar-refractivity contribution in [2.75, 3.05) is 12.4 Å². The molecular weight excluding hydrogens is 368 g/mol. The van der Waals surface area contributed by atoms with Crippen LogP contribution in [0.25, 0.3) is 0 Å². The Morgan fingerprint density at radius 2 is 1.96 bits per heavy atom. The second kappa shape index (κ2) is 8.81. The third-order valence-corrected chi connectivity index (χ3v) is 4.79. The number of carbonyl (C=O) groups excluding carboxylic acids is 2. The molecule has 0 aliphatic heterocycles. The molecule has 0 unspecified atom stereocenters. The minimum absolute atomic E-state index is 0.198. The van der Waals surface area contributed by atoms with Gasteiger partial charge in [0.1, 0.15) is 5.69 Å². The molecule has 1 aromatic heterocycles. The van der Waals surface area contributed by atoms with Crippen LogP contribution in [-0.4, -0.2) is 35.0 Å². The number of nitrogens with zero attached hydrogens (tertiary/aromatic N) is 2. The van der Waals surface area contributed by atoms with Crippen LogP contribution in [0.15, 0.2) is 30.5 Å². The van der Waals surface area contributed by atoms with Crippen LogP contribution < -0.4 is 10.6 Å². The third-order valence-electron chi connectivity index (χ3n) is 4.46. The number of benzene rings is 1. The van der Waals surface area contributed by atoms with Crippen LogP contribution in [0.1, 0.15) is 53.0 Å². The molecule has 1 aliphatic carbocycles. The summed E-state index contributed by atoms with van der Waals surface area (Å²) in [4.78, 5) is 32.5. The summed E-state index contributed by atoms with van der Waals surface area (Å²) in [7, 11) is 1.31. The molecule has 8 heteroatoms. The molecule has 1 heterocycles. The van der Waals surface area contributed by atoms with Crippen molar-refractivity contribution in [3.8, 4) is 0 Å². The first kappa shape index (κ1) is 19.1. The summed E-state index contributed by atoms with van der Waals surface area (Å²) in [6.45, 7) is 0. The highest BCUT2D eigenvalue weighted by atomic mass is 35.5. The SMILES string of the molecule is COC(=O)c1ccc(Cl)c(Nc2nccc(C(=O)NC3CCCCC3)n2)c1. The van der Waals surface area contributed by atoms with Crippen molar-refractivity contribution in [3.05, 3.63) is 46.7 Å². The van der Waals surface area contributed by atoms with Gasteiger partial charge in [-0.2, -0.15) is 0 Å². The maximum atomic E-state index is 12.5.